The molecule has 0 saturated carbocycles. The maximum Gasteiger partial charge on any atom is 0.221 e. The summed E-state index contributed by atoms with van der Waals surface area (Å²) in [6, 6.07) is 0. The Bertz CT molecular complexity index is 826. The SMILES string of the molecule is Nc1ncc(CN2C3=CC=CCC3=CCC3=C2CC=CC3)c(N)n1. The maximum absolute atomic E-state index is 6.08. The molecule has 0 spiro atoms. The summed E-state index contributed by atoms with van der Waals surface area (Å²) in [5, 5.41) is 0. The van der Waals surface area contributed by atoms with Gasteiger partial charge in [0, 0.05) is 29.6 Å². The lowest BCUT2D eigenvalue weighted by Gasteiger charge is -2.33. The number of rotatable bonds is 2. The first-order valence-electron chi connectivity index (χ1n) is 8.29. The van der Waals surface area contributed by atoms with Crippen LogP contribution in [0.15, 0.2) is 65.2 Å². The van der Waals surface area contributed by atoms with E-state index in [0.717, 1.165) is 31.2 Å². The number of hydrogen-bond donors (Lipinski definition) is 2. The van der Waals surface area contributed by atoms with E-state index in [2.05, 4.69) is 51.3 Å². The molecule has 0 radical (unpaired) electrons. The average Bonchev–Trinajstić information content (AvgIpc) is 2.75. The minimum Gasteiger partial charge on any atom is -0.383 e. The van der Waals surface area contributed by atoms with Gasteiger partial charge in [-0.05, 0) is 36.5 Å². The monoisotopic (exact) mass is 319 g/mol. The van der Waals surface area contributed by atoms with Crippen LogP contribution in [0.5, 0.6) is 0 Å². The van der Waals surface area contributed by atoms with Gasteiger partial charge >= 0.3 is 0 Å². The average molecular weight is 319 g/mol. The Morgan fingerprint density at radius 3 is 2.79 bits per heavy atom. The van der Waals surface area contributed by atoms with Crippen molar-refractivity contribution in [2.24, 2.45) is 0 Å². The lowest BCUT2D eigenvalue weighted by atomic mass is 9.99. The molecule has 0 aromatic carbocycles. The molecule has 1 aromatic heterocycles. The normalized spacial score (nSPS) is 19.4. The zero-order valence-corrected chi connectivity index (χ0v) is 13.6. The van der Waals surface area contributed by atoms with Crippen LogP contribution in [0.2, 0.25) is 0 Å². The molecule has 2 aliphatic carbocycles. The zero-order valence-electron chi connectivity index (χ0n) is 13.6. The molecule has 0 saturated heterocycles. The molecule has 24 heavy (non-hydrogen) atoms. The van der Waals surface area contributed by atoms with Crippen molar-refractivity contribution in [1.82, 2.24) is 14.9 Å². The predicted octanol–water partition coefficient (Wildman–Crippen LogP) is 3.22. The van der Waals surface area contributed by atoms with Crippen molar-refractivity contribution < 1.29 is 0 Å². The molecule has 5 nitrogen and oxygen atoms in total. The maximum atomic E-state index is 6.08. The van der Waals surface area contributed by atoms with Crippen LogP contribution in [-0.2, 0) is 6.54 Å². The van der Waals surface area contributed by atoms with Crippen LogP contribution in [0, 0.1) is 0 Å². The molecule has 122 valence electrons. The van der Waals surface area contributed by atoms with Crippen LogP contribution in [0.1, 0.15) is 31.2 Å². The molecule has 0 bridgehead atoms. The Balaban J connectivity index is 1.76. The van der Waals surface area contributed by atoms with Gasteiger partial charge in [-0.25, -0.2) is 4.98 Å². The summed E-state index contributed by atoms with van der Waals surface area (Å²) in [7, 11) is 0. The molecule has 1 aromatic rings. The van der Waals surface area contributed by atoms with Gasteiger partial charge in [0.25, 0.3) is 0 Å². The molecular formula is C19H21N5. The minimum atomic E-state index is 0.216. The van der Waals surface area contributed by atoms with Crippen LogP contribution in [-0.4, -0.2) is 14.9 Å². The third kappa shape index (κ3) is 2.62. The highest BCUT2D eigenvalue weighted by atomic mass is 15.2. The third-order valence-corrected chi connectivity index (χ3v) is 4.76. The van der Waals surface area contributed by atoms with Crippen LogP contribution in [0.4, 0.5) is 11.8 Å². The van der Waals surface area contributed by atoms with Crippen molar-refractivity contribution in [3.05, 3.63) is 70.8 Å². The molecule has 0 unspecified atom stereocenters. The molecule has 0 amide bonds. The van der Waals surface area contributed by atoms with Gasteiger partial charge in [-0.1, -0.05) is 30.4 Å². The van der Waals surface area contributed by atoms with Gasteiger partial charge in [-0.15, -0.1) is 0 Å². The number of anilines is 2. The number of allylic oxidation sites excluding steroid dienone is 8. The first-order chi connectivity index (χ1) is 11.7. The standard InChI is InChI=1S/C19H21N5/c20-18-15(11-22-19(21)23-18)12-24-16-7-3-1-5-13(16)9-10-14-6-2-4-8-17(14)24/h1-4,7,9,11H,5-6,8,10,12H2,(H4,20,21,22,23). The first kappa shape index (κ1) is 14.8. The first-order valence-corrected chi connectivity index (χ1v) is 8.29. The fourth-order valence-electron chi connectivity index (χ4n) is 3.50. The van der Waals surface area contributed by atoms with E-state index in [9.17, 15) is 0 Å². The van der Waals surface area contributed by atoms with E-state index in [1.54, 1.807) is 6.20 Å². The van der Waals surface area contributed by atoms with E-state index in [4.69, 9.17) is 11.5 Å². The highest BCUT2D eigenvalue weighted by Crippen LogP contribution is 2.38. The van der Waals surface area contributed by atoms with E-state index in [-0.39, 0.29) is 5.95 Å². The lowest BCUT2D eigenvalue weighted by molar-refractivity contribution is 0.411. The quantitative estimate of drug-likeness (QED) is 0.818. The van der Waals surface area contributed by atoms with Gasteiger partial charge in [0.15, 0.2) is 0 Å². The summed E-state index contributed by atoms with van der Waals surface area (Å²) in [4.78, 5) is 10.6. The Labute approximate surface area is 141 Å². The highest BCUT2D eigenvalue weighted by molar-refractivity contribution is 5.47. The second kappa shape index (κ2) is 6.00. The summed E-state index contributed by atoms with van der Waals surface area (Å²) in [6.45, 7) is 0.663. The molecule has 1 aliphatic heterocycles. The van der Waals surface area contributed by atoms with Gasteiger partial charge in [0.2, 0.25) is 5.95 Å². The van der Waals surface area contributed by atoms with Crippen LogP contribution < -0.4 is 11.5 Å². The molecule has 4 rings (SSSR count). The second-order valence-corrected chi connectivity index (χ2v) is 6.27. The van der Waals surface area contributed by atoms with E-state index in [0.29, 0.717) is 12.4 Å². The Morgan fingerprint density at radius 1 is 1.04 bits per heavy atom. The molecule has 4 N–H and O–H groups in total. The van der Waals surface area contributed by atoms with Gasteiger partial charge in [-0.2, -0.15) is 4.98 Å². The molecule has 0 fully saturated rings. The smallest absolute Gasteiger partial charge is 0.221 e. The van der Waals surface area contributed by atoms with E-state index < -0.39 is 0 Å². The number of hydrogen-bond acceptors (Lipinski definition) is 5. The van der Waals surface area contributed by atoms with Crippen LogP contribution >= 0.6 is 0 Å². The van der Waals surface area contributed by atoms with E-state index in [1.807, 2.05) is 0 Å². The molecular weight excluding hydrogens is 298 g/mol. The number of nitrogen functional groups attached to an aromatic ring is 2. The van der Waals surface area contributed by atoms with Crippen molar-refractivity contribution in [3.8, 4) is 0 Å². The van der Waals surface area contributed by atoms with Gasteiger partial charge in [0.1, 0.15) is 5.82 Å². The van der Waals surface area contributed by atoms with Crippen molar-refractivity contribution in [1.29, 1.82) is 0 Å². The molecule has 5 heteroatoms. The van der Waals surface area contributed by atoms with Crippen LogP contribution in [0.25, 0.3) is 0 Å². The van der Waals surface area contributed by atoms with E-state index >= 15 is 0 Å². The summed E-state index contributed by atoms with van der Waals surface area (Å²) in [5.74, 6) is 0.672. The lowest BCUT2D eigenvalue weighted by Crippen LogP contribution is -2.25. The zero-order chi connectivity index (χ0) is 16.5. The largest absolute Gasteiger partial charge is 0.383 e. The van der Waals surface area contributed by atoms with Crippen molar-refractivity contribution >= 4 is 11.8 Å². The minimum absolute atomic E-state index is 0.216. The number of nitrogens with zero attached hydrogens (tertiary/aromatic N) is 3. The van der Waals surface area contributed by atoms with Gasteiger partial charge in [-0.3, -0.25) is 0 Å². The summed E-state index contributed by atoms with van der Waals surface area (Å²) in [5.41, 5.74) is 18.1. The summed E-state index contributed by atoms with van der Waals surface area (Å²) in [6.07, 6.45) is 19.1. The Kier molecular flexibility index (Phi) is 3.69. The summed E-state index contributed by atoms with van der Waals surface area (Å²) >= 11 is 0. The highest BCUT2D eigenvalue weighted by Gasteiger charge is 2.25. The van der Waals surface area contributed by atoms with Gasteiger partial charge in [0.05, 0.1) is 6.54 Å². The van der Waals surface area contributed by atoms with Crippen molar-refractivity contribution in [3.63, 3.8) is 0 Å². The number of aromatic nitrogens is 2. The molecule has 3 aliphatic rings. The van der Waals surface area contributed by atoms with Crippen molar-refractivity contribution in [2.75, 3.05) is 11.5 Å². The Hall–Kier alpha value is -2.82. The number of nitrogens with two attached hydrogens (primary N) is 2. The topological polar surface area (TPSA) is 81.1 Å². The van der Waals surface area contributed by atoms with E-state index in [1.165, 1.54) is 22.5 Å². The predicted molar refractivity (Wildman–Crippen MR) is 96.3 cm³/mol. The fraction of sp³-hybridized carbons (Fsp3) is 0.263. The molecule has 2 heterocycles. The van der Waals surface area contributed by atoms with Crippen molar-refractivity contribution in [2.45, 2.75) is 32.2 Å². The second-order valence-electron chi connectivity index (χ2n) is 6.27. The van der Waals surface area contributed by atoms with Crippen LogP contribution in [0.3, 0.4) is 0 Å². The Morgan fingerprint density at radius 2 is 1.92 bits per heavy atom. The fourth-order valence-corrected chi connectivity index (χ4v) is 3.50. The van der Waals surface area contributed by atoms with Gasteiger partial charge < -0.3 is 16.4 Å². The third-order valence-electron chi connectivity index (χ3n) is 4.76. The molecule has 0 atom stereocenters. The summed E-state index contributed by atoms with van der Waals surface area (Å²) < 4.78 is 0. The number of fused-ring (bicyclic) bond motifs is 1.